The predicted octanol–water partition coefficient (Wildman–Crippen LogP) is -0.464. The van der Waals surface area contributed by atoms with Gasteiger partial charge in [-0.15, -0.1) is 0 Å². The Morgan fingerprint density at radius 1 is 1.82 bits per heavy atom. The molecule has 0 bridgehead atoms. The van der Waals surface area contributed by atoms with E-state index in [1.807, 2.05) is 6.92 Å². The molecule has 1 amide bonds. The van der Waals surface area contributed by atoms with E-state index in [2.05, 4.69) is 5.32 Å². The third-order valence-corrected chi connectivity index (χ3v) is 1.82. The Morgan fingerprint density at radius 3 is 3.09 bits per heavy atom. The Bertz CT molecular complexity index is 149. The molecule has 1 rings (SSSR count). The minimum Gasteiger partial charge on any atom is -0.380 e. The maximum Gasteiger partial charge on any atom is 0.246 e. The Hall–Kier alpha value is -0.610. The number of methoxy groups -OCH3 is 1. The van der Waals surface area contributed by atoms with Gasteiger partial charge in [-0.25, -0.2) is 0 Å². The first kappa shape index (κ1) is 8.49. The van der Waals surface area contributed by atoms with Crippen LogP contribution in [0.15, 0.2) is 0 Å². The monoisotopic (exact) mass is 159 g/mol. The van der Waals surface area contributed by atoms with E-state index in [1.54, 1.807) is 7.11 Å². The molecule has 1 heterocycles. The lowest BCUT2D eigenvalue weighted by Crippen LogP contribution is -2.51. The highest BCUT2D eigenvalue weighted by molar-refractivity contribution is 5.78. The molecule has 0 radical (unpaired) electrons. The van der Waals surface area contributed by atoms with Crippen molar-refractivity contribution < 1.29 is 14.3 Å². The molecule has 0 aliphatic carbocycles. The van der Waals surface area contributed by atoms with Gasteiger partial charge < -0.3 is 14.8 Å². The lowest BCUT2D eigenvalue weighted by Gasteiger charge is -2.27. The number of carbonyl (C=O) groups excluding carboxylic acids is 1. The summed E-state index contributed by atoms with van der Waals surface area (Å²) in [7, 11) is 1.62. The van der Waals surface area contributed by atoms with Crippen molar-refractivity contribution in [1.29, 1.82) is 0 Å². The van der Waals surface area contributed by atoms with Gasteiger partial charge in [-0.05, 0) is 6.92 Å². The molecule has 0 aromatic carbocycles. The molecule has 1 saturated heterocycles. The molecule has 1 fully saturated rings. The lowest BCUT2D eigenvalue weighted by molar-refractivity contribution is -0.134. The zero-order valence-electron chi connectivity index (χ0n) is 6.79. The fourth-order valence-corrected chi connectivity index (χ4v) is 0.986. The number of nitrogens with one attached hydrogen (secondary N) is 1. The van der Waals surface area contributed by atoms with E-state index in [-0.39, 0.29) is 24.7 Å². The Labute approximate surface area is 65.9 Å². The van der Waals surface area contributed by atoms with Crippen molar-refractivity contribution in [3.8, 4) is 0 Å². The fourth-order valence-electron chi connectivity index (χ4n) is 0.986. The molecule has 64 valence electrons. The Morgan fingerprint density at radius 2 is 2.55 bits per heavy atom. The van der Waals surface area contributed by atoms with Crippen LogP contribution in [0.2, 0.25) is 0 Å². The summed E-state index contributed by atoms with van der Waals surface area (Å²) in [6, 6.07) is 0.00116. The fraction of sp³-hybridized carbons (Fsp3) is 0.857. The van der Waals surface area contributed by atoms with Crippen molar-refractivity contribution in [2.45, 2.75) is 19.1 Å². The summed E-state index contributed by atoms with van der Waals surface area (Å²) in [5, 5.41) is 2.78. The minimum atomic E-state index is -0.0647. The van der Waals surface area contributed by atoms with Crippen LogP contribution in [-0.2, 0) is 14.3 Å². The molecule has 0 aromatic heterocycles. The molecule has 0 saturated carbocycles. The van der Waals surface area contributed by atoms with E-state index in [0.717, 1.165) is 0 Å². The smallest absolute Gasteiger partial charge is 0.246 e. The molecule has 0 aromatic rings. The average molecular weight is 159 g/mol. The summed E-state index contributed by atoms with van der Waals surface area (Å²) in [6.07, 6.45) is 0.0132. The summed E-state index contributed by atoms with van der Waals surface area (Å²) in [5.74, 6) is -0.0647. The molecule has 1 aliphatic heterocycles. The van der Waals surface area contributed by atoms with E-state index >= 15 is 0 Å². The summed E-state index contributed by atoms with van der Waals surface area (Å²) >= 11 is 0. The van der Waals surface area contributed by atoms with Gasteiger partial charge in [0, 0.05) is 7.11 Å². The van der Waals surface area contributed by atoms with Crippen LogP contribution in [0, 0.1) is 0 Å². The molecule has 2 atom stereocenters. The Kier molecular flexibility index (Phi) is 2.84. The van der Waals surface area contributed by atoms with Gasteiger partial charge in [0.05, 0.1) is 18.8 Å². The van der Waals surface area contributed by atoms with Crippen LogP contribution >= 0.6 is 0 Å². The van der Waals surface area contributed by atoms with Crippen molar-refractivity contribution in [3.05, 3.63) is 0 Å². The highest BCUT2D eigenvalue weighted by Gasteiger charge is 2.23. The summed E-state index contributed by atoms with van der Waals surface area (Å²) in [5.41, 5.74) is 0. The lowest BCUT2D eigenvalue weighted by atomic mass is 10.2. The van der Waals surface area contributed by atoms with Crippen LogP contribution in [0.3, 0.4) is 0 Å². The first-order chi connectivity index (χ1) is 5.24. The topological polar surface area (TPSA) is 47.6 Å². The number of carbonyl (C=O) groups is 1. The van der Waals surface area contributed by atoms with Crippen molar-refractivity contribution in [1.82, 2.24) is 5.32 Å². The number of hydrogen-bond donors (Lipinski definition) is 1. The second kappa shape index (κ2) is 3.69. The van der Waals surface area contributed by atoms with Gasteiger partial charge in [0.15, 0.2) is 0 Å². The van der Waals surface area contributed by atoms with Crippen molar-refractivity contribution >= 4 is 5.91 Å². The van der Waals surface area contributed by atoms with Crippen LogP contribution < -0.4 is 5.32 Å². The quantitative estimate of drug-likeness (QED) is 0.593. The number of amides is 1. The number of ether oxygens (including phenoxy) is 2. The second-order valence-electron chi connectivity index (χ2n) is 2.63. The van der Waals surface area contributed by atoms with Gasteiger partial charge in [0.1, 0.15) is 6.61 Å². The normalized spacial score (nSPS) is 27.8. The summed E-state index contributed by atoms with van der Waals surface area (Å²) < 4.78 is 10.1. The van der Waals surface area contributed by atoms with E-state index < -0.39 is 0 Å². The average Bonchev–Trinajstić information content (AvgIpc) is 2.03. The summed E-state index contributed by atoms with van der Waals surface area (Å²) in [4.78, 5) is 10.8. The number of morpholine rings is 1. The molecular weight excluding hydrogens is 146 g/mol. The van der Waals surface area contributed by atoms with Gasteiger partial charge in [0.2, 0.25) is 5.91 Å². The van der Waals surface area contributed by atoms with Crippen LogP contribution in [0.5, 0.6) is 0 Å². The molecule has 0 spiro atoms. The third-order valence-electron chi connectivity index (χ3n) is 1.82. The van der Waals surface area contributed by atoms with Gasteiger partial charge in [0.25, 0.3) is 0 Å². The van der Waals surface area contributed by atoms with Gasteiger partial charge >= 0.3 is 0 Å². The van der Waals surface area contributed by atoms with Crippen LogP contribution in [0.25, 0.3) is 0 Å². The van der Waals surface area contributed by atoms with Gasteiger partial charge in [-0.3, -0.25) is 4.79 Å². The predicted molar refractivity (Wildman–Crippen MR) is 39.2 cm³/mol. The SMILES string of the molecule is COC(C)C1COCC(=O)N1. The van der Waals surface area contributed by atoms with Crippen LogP contribution in [0.1, 0.15) is 6.92 Å². The van der Waals surface area contributed by atoms with Crippen molar-refractivity contribution in [3.63, 3.8) is 0 Å². The molecule has 4 nitrogen and oxygen atoms in total. The number of hydrogen-bond acceptors (Lipinski definition) is 3. The maximum atomic E-state index is 10.8. The van der Waals surface area contributed by atoms with E-state index in [0.29, 0.717) is 6.61 Å². The minimum absolute atomic E-state index is 0.00116. The second-order valence-corrected chi connectivity index (χ2v) is 2.63. The van der Waals surface area contributed by atoms with Gasteiger partial charge in [-0.2, -0.15) is 0 Å². The molecular formula is C7H13NO3. The van der Waals surface area contributed by atoms with Gasteiger partial charge in [-0.1, -0.05) is 0 Å². The first-order valence-electron chi connectivity index (χ1n) is 3.64. The zero-order chi connectivity index (χ0) is 8.27. The van der Waals surface area contributed by atoms with Crippen LogP contribution in [0.4, 0.5) is 0 Å². The van der Waals surface area contributed by atoms with Crippen molar-refractivity contribution in [2.24, 2.45) is 0 Å². The van der Waals surface area contributed by atoms with Crippen LogP contribution in [-0.4, -0.2) is 38.4 Å². The maximum absolute atomic E-state index is 10.8. The highest BCUT2D eigenvalue weighted by atomic mass is 16.5. The molecule has 2 unspecified atom stereocenters. The number of rotatable bonds is 2. The first-order valence-corrected chi connectivity index (χ1v) is 3.64. The zero-order valence-corrected chi connectivity index (χ0v) is 6.79. The molecule has 4 heteroatoms. The molecule has 1 N–H and O–H groups in total. The Balaban J connectivity index is 2.39. The van der Waals surface area contributed by atoms with Crippen molar-refractivity contribution in [2.75, 3.05) is 20.3 Å². The van der Waals surface area contributed by atoms with E-state index in [9.17, 15) is 4.79 Å². The molecule has 1 aliphatic rings. The molecule has 11 heavy (non-hydrogen) atoms. The van der Waals surface area contributed by atoms with E-state index in [4.69, 9.17) is 9.47 Å². The largest absolute Gasteiger partial charge is 0.380 e. The highest BCUT2D eigenvalue weighted by Crippen LogP contribution is 2.01. The third kappa shape index (κ3) is 2.17. The van der Waals surface area contributed by atoms with E-state index in [1.165, 1.54) is 0 Å². The summed E-state index contributed by atoms with van der Waals surface area (Å²) in [6.45, 7) is 2.62. The standard InChI is InChI=1S/C7H13NO3/c1-5(10-2)6-3-11-4-7(9)8-6/h5-6H,3-4H2,1-2H3,(H,8,9).